The molecule has 6 nitrogen and oxygen atoms in total. The van der Waals surface area contributed by atoms with Gasteiger partial charge < -0.3 is 15.1 Å². The smallest absolute Gasteiger partial charge is 0.216 e. The van der Waals surface area contributed by atoms with Gasteiger partial charge in [0.05, 0.1) is 5.69 Å². The van der Waals surface area contributed by atoms with Crippen molar-refractivity contribution in [2.75, 3.05) is 19.6 Å². The molecule has 2 N–H and O–H groups in total. The Morgan fingerprint density at radius 3 is 2.54 bits per heavy atom. The summed E-state index contributed by atoms with van der Waals surface area (Å²) in [6.07, 6.45) is 2.68. The van der Waals surface area contributed by atoms with E-state index in [0.29, 0.717) is 18.5 Å². The number of aromatic nitrogens is 1. The summed E-state index contributed by atoms with van der Waals surface area (Å²) in [5.74, 6) is 2.35. The highest BCUT2D eigenvalue weighted by atomic mass is 127. The summed E-state index contributed by atoms with van der Waals surface area (Å²) in [6, 6.07) is 1.39. The van der Waals surface area contributed by atoms with Gasteiger partial charge in [-0.25, -0.2) is 9.98 Å². The highest BCUT2D eigenvalue weighted by Gasteiger charge is 2.30. The Labute approximate surface area is 162 Å². The lowest BCUT2D eigenvalue weighted by Gasteiger charge is -2.26. The fourth-order valence-corrected chi connectivity index (χ4v) is 2.67. The second kappa shape index (κ2) is 10.2. The first kappa shape index (κ1) is 21.2. The van der Waals surface area contributed by atoms with Gasteiger partial charge in [-0.3, -0.25) is 4.90 Å². The molecule has 0 bridgehead atoms. The highest BCUT2D eigenvalue weighted by Crippen LogP contribution is 2.27. The molecule has 0 atom stereocenters. The van der Waals surface area contributed by atoms with Crippen LogP contribution in [0.25, 0.3) is 0 Å². The molecule has 0 saturated heterocycles. The van der Waals surface area contributed by atoms with E-state index >= 15 is 0 Å². The maximum absolute atomic E-state index is 5.57. The van der Waals surface area contributed by atoms with Crippen LogP contribution in [0.1, 0.15) is 51.0 Å². The number of nitrogens with one attached hydrogen (secondary N) is 2. The molecular weight excluding hydrogens is 417 g/mol. The lowest BCUT2D eigenvalue weighted by Crippen LogP contribution is -2.43. The quantitative estimate of drug-likeness (QED) is 0.363. The fourth-order valence-electron chi connectivity index (χ4n) is 2.67. The van der Waals surface area contributed by atoms with Gasteiger partial charge in [-0.05, 0) is 47.5 Å². The highest BCUT2D eigenvalue weighted by molar-refractivity contribution is 14.0. The molecule has 0 aliphatic heterocycles. The Balaban J connectivity index is 0.00000288. The number of nitrogens with zero attached hydrogens (tertiary/aromatic N) is 3. The van der Waals surface area contributed by atoms with Crippen molar-refractivity contribution in [3.8, 4) is 0 Å². The first-order chi connectivity index (χ1) is 11.0. The molecule has 0 spiro atoms. The number of guanidine groups is 1. The molecule has 1 fully saturated rings. The standard InChI is InChI=1S/C17H31N5O.HI/c1-6-18-17(20-11-16-21-13(4)14(5)23-16)19-9-10-22(12(2)3)15-7-8-15;/h12,15H,6-11H2,1-5H3,(H2,18,19,20);1H. The fraction of sp³-hybridized carbons (Fsp3) is 0.765. The Morgan fingerprint density at radius 2 is 2.04 bits per heavy atom. The Kier molecular flexibility index (Phi) is 9.04. The number of hydrogen-bond donors (Lipinski definition) is 2. The molecule has 1 saturated carbocycles. The summed E-state index contributed by atoms with van der Waals surface area (Å²) in [5, 5.41) is 6.68. The summed E-state index contributed by atoms with van der Waals surface area (Å²) >= 11 is 0. The molecule has 0 radical (unpaired) electrons. The summed E-state index contributed by atoms with van der Waals surface area (Å²) in [5.41, 5.74) is 0.935. The van der Waals surface area contributed by atoms with Gasteiger partial charge >= 0.3 is 0 Å². The molecule has 1 aromatic heterocycles. The monoisotopic (exact) mass is 449 g/mol. The lowest BCUT2D eigenvalue weighted by atomic mass is 10.3. The van der Waals surface area contributed by atoms with Crippen LogP contribution in [0.4, 0.5) is 0 Å². The third-order valence-corrected chi connectivity index (χ3v) is 4.13. The number of hydrogen-bond acceptors (Lipinski definition) is 4. The van der Waals surface area contributed by atoms with Gasteiger partial charge in [-0.15, -0.1) is 24.0 Å². The van der Waals surface area contributed by atoms with Gasteiger partial charge in [-0.1, -0.05) is 0 Å². The van der Waals surface area contributed by atoms with Crippen molar-refractivity contribution in [2.45, 2.75) is 66.1 Å². The average Bonchev–Trinajstić information content (AvgIpc) is 3.27. The summed E-state index contributed by atoms with van der Waals surface area (Å²) in [7, 11) is 0. The van der Waals surface area contributed by atoms with Crippen molar-refractivity contribution in [2.24, 2.45) is 4.99 Å². The third-order valence-electron chi connectivity index (χ3n) is 4.13. The maximum Gasteiger partial charge on any atom is 0.216 e. The van der Waals surface area contributed by atoms with Crippen LogP contribution in [0.3, 0.4) is 0 Å². The third kappa shape index (κ3) is 6.58. The zero-order valence-corrected chi connectivity index (χ0v) is 17.9. The van der Waals surface area contributed by atoms with Gasteiger partial charge in [0.2, 0.25) is 5.89 Å². The molecule has 2 rings (SSSR count). The van der Waals surface area contributed by atoms with Crippen LogP contribution in [-0.2, 0) is 6.54 Å². The number of rotatable bonds is 8. The van der Waals surface area contributed by atoms with Crippen molar-refractivity contribution in [3.63, 3.8) is 0 Å². The normalized spacial score (nSPS) is 14.9. The molecule has 24 heavy (non-hydrogen) atoms. The van der Waals surface area contributed by atoms with Gasteiger partial charge in [0.15, 0.2) is 5.96 Å². The van der Waals surface area contributed by atoms with Gasteiger partial charge in [-0.2, -0.15) is 0 Å². The van der Waals surface area contributed by atoms with Gasteiger partial charge in [0.25, 0.3) is 0 Å². The summed E-state index contributed by atoms with van der Waals surface area (Å²) in [6.45, 7) is 13.7. The van der Waals surface area contributed by atoms with Gasteiger partial charge in [0, 0.05) is 31.7 Å². The average molecular weight is 449 g/mol. The van der Waals surface area contributed by atoms with Crippen LogP contribution in [0.5, 0.6) is 0 Å². The first-order valence-electron chi connectivity index (χ1n) is 8.72. The van der Waals surface area contributed by atoms with E-state index in [4.69, 9.17) is 4.42 Å². The minimum atomic E-state index is 0. The van der Waals surface area contributed by atoms with Crippen LogP contribution in [0, 0.1) is 13.8 Å². The van der Waals surface area contributed by atoms with E-state index in [1.54, 1.807) is 0 Å². The van der Waals surface area contributed by atoms with Crippen molar-refractivity contribution in [3.05, 3.63) is 17.3 Å². The number of aliphatic imine (C=N–C) groups is 1. The number of halogens is 1. The first-order valence-corrected chi connectivity index (χ1v) is 8.72. The second-order valence-corrected chi connectivity index (χ2v) is 6.43. The molecular formula is C17H32IN5O. The largest absolute Gasteiger partial charge is 0.444 e. The lowest BCUT2D eigenvalue weighted by molar-refractivity contribution is 0.215. The maximum atomic E-state index is 5.57. The van der Waals surface area contributed by atoms with E-state index in [1.807, 2.05) is 13.8 Å². The molecule has 0 amide bonds. The zero-order chi connectivity index (χ0) is 16.8. The minimum absolute atomic E-state index is 0. The molecule has 0 unspecified atom stereocenters. The predicted molar refractivity (Wildman–Crippen MR) is 109 cm³/mol. The van der Waals surface area contributed by atoms with Crippen LogP contribution in [0.2, 0.25) is 0 Å². The van der Waals surface area contributed by atoms with Crippen molar-refractivity contribution in [1.29, 1.82) is 0 Å². The van der Waals surface area contributed by atoms with E-state index in [1.165, 1.54) is 12.8 Å². The molecule has 1 aliphatic rings. The van der Waals surface area contributed by atoms with E-state index in [-0.39, 0.29) is 24.0 Å². The van der Waals surface area contributed by atoms with Crippen LogP contribution < -0.4 is 10.6 Å². The molecule has 1 aromatic rings. The molecule has 1 aliphatic carbocycles. The zero-order valence-electron chi connectivity index (χ0n) is 15.6. The summed E-state index contributed by atoms with van der Waals surface area (Å²) < 4.78 is 5.57. The molecule has 0 aromatic carbocycles. The Bertz CT molecular complexity index is 504. The summed E-state index contributed by atoms with van der Waals surface area (Å²) in [4.78, 5) is 11.5. The van der Waals surface area contributed by atoms with Crippen molar-refractivity contribution >= 4 is 29.9 Å². The second-order valence-electron chi connectivity index (χ2n) is 6.43. The minimum Gasteiger partial charge on any atom is -0.444 e. The SMILES string of the molecule is CCNC(=NCc1nc(C)c(C)o1)NCCN(C(C)C)C1CC1.I. The van der Waals surface area contributed by atoms with E-state index < -0.39 is 0 Å². The number of aryl methyl sites for hydroxylation is 2. The van der Waals surface area contributed by atoms with Crippen LogP contribution >= 0.6 is 24.0 Å². The van der Waals surface area contributed by atoms with E-state index in [0.717, 1.165) is 43.1 Å². The Morgan fingerprint density at radius 1 is 1.33 bits per heavy atom. The van der Waals surface area contributed by atoms with E-state index in [2.05, 4.69) is 46.3 Å². The van der Waals surface area contributed by atoms with Gasteiger partial charge in [0.1, 0.15) is 12.3 Å². The topological polar surface area (TPSA) is 65.7 Å². The molecule has 1 heterocycles. The van der Waals surface area contributed by atoms with Crippen LogP contribution in [-0.4, -0.2) is 47.6 Å². The van der Waals surface area contributed by atoms with Crippen LogP contribution in [0.15, 0.2) is 9.41 Å². The van der Waals surface area contributed by atoms with E-state index in [9.17, 15) is 0 Å². The Hall–Kier alpha value is -0.830. The molecule has 138 valence electrons. The van der Waals surface area contributed by atoms with Crippen molar-refractivity contribution in [1.82, 2.24) is 20.5 Å². The number of oxazole rings is 1. The predicted octanol–water partition coefficient (Wildman–Crippen LogP) is 2.84. The van der Waals surface area contributed by atoms with Crippen molar-refractivity contribution < 1.29 is 4.42 Å². The molecule has 7 heteroatoms.